The third-order valence-corrected chi connectivity index (χ3v) is 12.0. The monoisotopic (exact) mass is 959 g/mol. The fraction of sp³-hybridized carbons (Fsp3) is 0.698. The summed E-state index contributed by atoms with van der Waals surface area (Å²) in [6.07, 6.45) is 75.3. The first kappa shape index (κ1) is 65.3. The van der Waals surface area contributed by atoms with Crippen LogP contribution in [-0.2, 0) is 28.6 Å². The highest BCUT2D eigenvalue weighted by Gasteiger charge is 2.19. The quantitative estimate of drug-likeness (QED) is 0.0262. The van der Waals surface area contributed by atoms with E-state index in [0.29, 0.717) is 19.3 Å². The van der Waals surface area contributed by atoms with Gasteiger partial charge in [-0.2, -0.15) is 0 Å². The molecule has 0 aliphatic rings. The molecule has 0 heterocycles. The second kappa shape index (κ2) is 56.9. The molecule has 0 atom stereocenters. The standard InChI is InChI=1S/C63H106O6/c1-4-7-10-13-16-19-22-25-28-31-34-37-40-43-46-49-52-55-61(64)67-58-60(69-63(66)57-54-51-48-45-42-39-36-33-30-27-24-21-18-15-12-9-6-3)59-68-62(65)56-53-50-47-44-41-38-35-32-29-26-23-20-17-14-11-8-5-2/h16-21,25-30,36,39,45,48,60H,4-15,22-24,31-35,37-38,40-44,46-47,49-59H2,1-3H3/b19-16-,20-17-,21-18-,28-25-,29-26-,30-27-,39-36-,48-45-. The summed E-state index contributed by atoms with van der Waals surface area (Å²) in [5, 5.41) is 0. The van der Waals surface area contributed by atoms with Crippen molar-refractivity contribution in [1.82, 2.24) is 0 Å². The van der Waals surface area contributed by atoms with E-state index in [1.165, 1.54) is 128 Å². The van der Waals surface area contributed by atoms with Crippen LogP contribution in [0.1, 0.15) is 265 Å². The van der Waals surface area contributed by atoms with Crippen molar-refractivity contribution < 1.29 is 28.6 Å². The molecule has 0 aliphatic carbocycles. The van der Waals surface area contributed by atoms with E-state index in [-0.39, 0.29) is 37.5 Å². The maximum atomic E-state index is 12.8. The Morgan fingerprint density at radius 3 is 0.855 bits per heavy atom. The van der Waals surface area contributed by atoms with Gasteiger partial charge in [0.15, 0.2) is 6.10 Å². The van der Waals surface area contributed by atoms with Crippen molar-refractivity contribution in [3.8, 4) is 0 Å². The topological polar surface area (TPSA) is 78.9 Å². The number of carbonyl (C=O) groups excluding carboxylic acids is 3. The predicted molar refractivity (Wildman–Crippen MR) is 297 cm³/mol. The van der Waals surface area contributed by atoms with Gasteiger partial charge < -0.3 is 14.2 Å². The molecule has 69 heavy (non-hydrogen) atoms. The Balaban J connectivity index is 4.50. The van der Waals surface area contributed by atoms with Crippen LogP contribution in [0.4, 0.5) is 0 Å². The third kappa shape index (κ3) is 55.1. The summed E-state index contributed by atoms with van der Waals surface area (Å²) in [6, 6.07) is 0. The second-order valence-electron chi connectivity index (χ2n) is 18.8. The van der Waals surface area contributed by atoms with Crippen LogP contribution < -0.4 is 0 Å². The lowest BCUT2D eigenvalue weighted by Gasteiger charge is -2.18. The fourth-order valence-electron chi connectivity index (χ4n) is 7.67. The van der Waals surface area contributed by atoms with Crippen LogP contribution in [0, 0.1) is 0 Å². The molecule has 0 saturated heterocycles. The molecule has 0 rings (SSSR count). The first-order chi connectivity index (χ1) is 34.0. The molecule has 0 bridgehead atoms. The van der Waals surface area contributed by atoms with Gasteiger partial charge in [-0.05, 0) is 122 Å². The van der Waals surface area contributed by atoms with Gasteiger partial charge in [-0.3, -0.25) is 14.4 Å². The minimum atomic E-state index is -0.814. The van der Waals surface area contributed by atoms with Crippen LogP contribution in [0.5, 0.6) is 0 Å². The molecule has 0 unspecified atom stereocenters. The average molecular weight is 960 g/mol. The Labute approximate surface area is 426 Å². The SMILES string of the molecule is CCCCC/C=C\C/C=C\C/C=C\C/C=C\CCCC(=O)OC(COC(=O)CCCCCCCCC/C=C\C/C=C\CCCCC)COC(=O)CCCCCCCCC/C=C\C/C=C\CCCCC. The molecule has 0 spiro atoms. The highest BCUT2D eigenvalue weighted by atomic mass is 16.6. The number of hydrogen-bond acceptors (Lipinski definition) is 6. The van der Waals surface area contributed by atoms with Gasteiger partial charge in [0.1, 0.15) is 13.2 Å². The number of esters is 3. The minimum absolute atomic E-state index is 0.106. The van der Waals surface area contributed by atoms with E-state index >= 15 is 0 Å². The molecule has 0 fully saturated rings. The second-order valence-corrected chi connectivity index (χ2v) is 18.8. The summed E-state index contributed by atoms with van der Waals surface area (Å²) < 4.78 is 16.8. The summed E-state index contributed by atoms with van der Waals surface area (Å²) in [4.78, 5) is 38.1. The fourth-order valence-corrected chi connectivity index (χ4v) is 7.67. The molecule has 394 valence electrons. The maximum Gasteiger partial charge on any atom is 0.306 e. The van der Waals surface area contributed by atoms with Crippen LogP contribution in [0.2, 0.25) is 0 Å². The van der Waals surface area contributed by atoms with Crippen molar-refractivity contribution in [3.05, 3.63) is 97.2 Å². The molecule has 0 amide bonds. The highest BCUT2D eigenvalue weighted by molar-refractivity contribution is 5.71. The number of hydrogen-bond donors (Lipinski definition) is 0. The highest BCUT2D eigenvalue weighted by Crippen LogP contribution is 2.14. The van der Waals surface area contributed by atoms with Gasteiger partial charge in [0.05, 0.1) is 0 Å². The Hall–Kier alpha value is -3.67. The van der Waals surface area contributed by atoms with Crippen molar-refractivity contribution in [2.24, 2.45) is 0 Å². The predicted octanol–water partition coefficient (Wildman–Crippen LogP) is 19.3. The third-order valence-electron chi connectivity index (χ3n) is 12.0. The zero-order valence-corrected chi connectivity index (χ0v) is 45.0. The van der Waals surface area contributed by atoms with E-state index < -0.39 is 6.10 Å². The zero-order valence-electron chi connectivity index (χ0n) is 45.0. The van der Waals surface area contributed by atoms with Crippen molar-refractivity contribution in [3.63, 3.8) is 0 Å². The van der Waals surface area contributed by atoms with E-state index in [2.05, 4.69) is 118 Å². The number of rotatable bonds is 51. The molecular formula is C63H106O6. The van der Waals surface area contributed by atoms with Gasteiger partial charge in [-0.1, -0.05) is 221 Å². The van der Waals surface area contributed by atoms with Gasteiger partial charge >= 0.3 is 17.9 Å². The maximum absolute atomic E-state index is 12.8. The molecule has 6 nitrogen and oxygen atoms in total. The van der Waals surface area contributed by atoms with Gasteiger partial charge in [0.2, 0.25) is 0 Å². The minimum Gasteiger partial charge on any atom is -0.462 e. The van der Waals surface area contributed by atoms with Crippen LogP contribution in [-0.4, -0.2) is 37.2 Å². The normalized spacial score (nSPS) is 12.4. The molecule has 6 heteroatoms. The van der Waals surface area contributed by atoms with Crippen molar-refractivity contribution >= 4 is 17.9 Å². The lowest BCUT2D eigenvalue weighted by atomic mass is 10.1. The first-order valence-electron chi connectivity index (χ1n) is 28.7. The molecular weight excluding hydrogens is 853 g/mol. The average Bonchev–Trinajstić information content (AvgIpc) is 3.35. The molecule has 0 aliphatic heterocycles. The van der Waals surface area contributed by atoms with E-state index in [1.54, 1.807) is 0 Å². The zero-order chi connectivity index (χ0) is 50.0. The lowest BCUT2D eigenvalue weighted by Crippen LogP contribution is -2.30. The summed E-state index contributed by atoms with van der Waals surface area (Å²) in [5.41, 5.74) is 0. The summed E-state index contributed by atoms with van der Waals surface area (Å²) in [7, 11) is 0. The van der Waals surface area contributed by atoms with Crippen LogP contribution >= 0.6 is 0 Å². The number of unbranched alkanes of at least 4 members (excludes halogenated alkanes) is 24. The Morgan fingerprint density at radius 2 is 0.536 bits per heavy atom. The summed E-state index contributed by atoms with van der Waals surface area (Å²) in [6.45, 7) is 6.51. The van der Waals surface area contributed by atoms with Gasteiger partial charge in [-0.25, -0.2) is 0 Å². The molecule has 0 radical (unpaired) electrons. The van der Waals surface area contributed by atoms with Crippen molar-refractivity contribution in [2.75, 3.05) is 13.2 Å². The van der Waals surface area contributed by atoms with Crippen LogP contribution in [0.15, 0.2) is 97.2 Å². The number of carbonyl (C=O) groups is 3. The van der Waals surface area contributed by atoms with Crippen molar-refractivity contribution in [1.29, 1.82) is 0 Å². The molecule has 0 aromatic carbocycles. The van der Waals surface area contributed by atoms with E-state index in [1.807, 2.05) is 0 Å². The van der Waals surface area contributed by atoms with Gasteiger partial charge in [-0.15, -0.1) is 0 Å². The Kier molecular flexibility index (Phi) is 53.9. The molecule has 0 N–H and O–H groups in total. The molecule has 0 saturated carbocycles. The largest absolute Gasteiger partial charge is 0.462 e. The van der Waals surface area contributed by atoms with E-state index in [4.69, 9.17) is 14.2 Å². The number of ether oxygens (including phenoxy) is 3. The molecule has 0 aromatic heterocycles. The Morgan fingerprint density at radius 1 is 0.290 bits per heavy atom. The van der Waals surface area contributed by atoms with Gasteiger partial charge in [0, 0.05) is 19.3 Å². The van der Waals surface area contributed by atoms with E-state index in [0.717, 1.165) is 89.9 Å². The van der Waals surface area contributed by atoms with Crippen molar-refractivity contribution in [2.45, 2.75) is 271 Å². The smallest absolute Gasteiger partial charge is 0.306 e. The number of allylic oxidation sites excluding steroid dienone is 16. The van der Waals surface area contributed by atoms with Crippen LogP contribution in [0.3, 0.4) is 0 Å². The van der Waals surface area contributed by atoms with Gasteiger partial charge in [0.25, 0.3) is 0 Å². The summed E-state index contributed by atoms with van der Waals surface area (Å²) in [5.74, 6) is -0.976. The summed E-state index contributed by atoms with van der Waals surface area (Å²) >= 11 is 0. The lowest BCUT2D eigenvalue weighted by molar-refractivity contribution is -0.167. The van der Waals surface area contributed by atoms with Crippen LogP contribution in [0.25, 0.3) is 0 Å². The molecule has 0 aromatic rings. The Bertz CT molecular complexity index is 1310. The van der Waals surface area contributed by atoms with E-state index in [9.17, 15) is 14.4 Å². The first-order valence-corrected chi connectivity index (χ1v) is 28.7.